The summed E-state index contributed by atoms with van der Waals surface area (Å²) in [6.07, 6.45) is 8.97. The molecular weight excluding hydrogens is 514 g/mol. The Morgan fingerprint density at radius 3 is 2.50 bits per heavy atom. The molecule has 0 bridgehead atoms. The van der Waals surface area contributed by atoms with Gasteiger partial charge in [0.05, 0.1) is 4.91 Å². The fourth-order valence-corrected chi connectivity index (χ4v) is 8.27. The lowest BCUT2D eigenvalue weighted by Gasteiger charge is -2.44. The Morgan fingerprint density at radius 1 is 1.02 bits per heavy atom. The molecule has 2 heterocycles. The van der Waals surface area contributed by atoms with E-state index in [-0.39, 0.29) is 11.8 Å². The van der Waals surface area contributed by atoms with Gasteiger partial charge >= 0.3 is 0 Å². The first-order chi connectivity index (χ1) is 19.4. The number of thioether (sulfide) groups is 1. The highest BCUT2D eigenvalue weighted by atomic mass is 32.2. The molecule has 5 rings (SSSR count). The van der Waals surface area contributed by atoms with Crippen LogP contribution in [0.3, 0.4) is 0 Å². The van der Waals surface area contributed by atoms with Gasteiger partial charge in [-0.05, 0) is 85.9 Å². The van der Waals surface area contributed by atoms with E-state index in [1.54, 1.807) is 11.8 Å². The highest BCUT2D eigenvalue weighted by Gasteiger charge is 2.40. The van der Waals surface area contributed by atoms with E-state index in [4.69, 9.17) is 0 Å². The molecule has 4 atom stereocenters. The maximum absolute atomic E-state index is 13.7. The average Bonchev–Trinajstić information content (AvgIpc) is 2.94. The number of nitrogens with one attached hydrogen (secondary N) is 1. The quantitative estimate of drug-likeness (QED) is 0.296. The third kappa shape index (κ3) is 7.19. The molecule has 2 aromatic rings. The summed E-state index contributed by atoms with van der Waals surface area (Å²) in [6, 6.07) is 16.4. The largest absolute Gasteiger partial charge is 0.352 e. The Kier molecular flexibility index (Phi) is 9.69. The lowest BCUT2D eigenvalue weighted by Crippen LogP contribution is -2.50. The number of nitrogens with zero attached hydrogens (tertiary/aromatic N) is 2. The van der Waals surface area contributed by atoms with Crippen LogP contribution in [0, 0.1) is 18.8 Å². The molecule has 1 saturated carbocycles. The van der Waals surface area contributed by atoms with Crippen molar-refractivity contribution in [2.45, 2.75) is 77.1 Å². The SMILES string of the molecule is Cc1ccccc1CN1C(=O)/C(=C\c2ccc(C(=O)NCCCN3CC(C)CC(C)C3)cc2)SC2CCCCC21. The van der Waals surface area contributed by atoms with Crippen LogP contribution in [-0.2, 0) is 11.3 Å². The molecule has 214 valence electrons. The molecule has 0 radical (unpaired) electrons. The Balaban J connectivity index is 1.19. The van der Waals surface area contributed by atoms with Crippen molar-refractivity contribution in [2.75, 3.05) is 26.2 Å². The topological polar surface area (TPSA) is 52.7 Å². The number of carbonyl (C=O) groups excluding carboxylic acids is 2. The maximum Gasteiger partial charge on any atom is 0.260 e. The summed E-state index contributed by atoms with van der Waals surface area (Å²) in [5.41, 5.74) is 4.09. The Hall–Kier alpha value is -2.57. The minimum atomic E-state index is -0.0304. The highest BCUT2D eigenvalue weighted by molar-refractivity contribution is 8.04. The lowest BCUT2D eigenvalue weighted by molar-refractivity contribution is -0.130. The van der Waals surface area contributed by atoms with Gasteiger partial charge in [0.1, 0.15) is 0 Å². The van der Waals surface area contributed by atoms with Gasteiger partial charge in [0.25, 0.3) is 11.8 Å². The van der Waals surface area contributed by atoms with Gasteiger partial charge in [0.15, 0.2) is 0 Å². The van der Waals surface area contributed by atoms with Crippen molar-refractivity contribution in [3.63, 3.8) is 0 Å². The zero-order valence-electron chi connectivity index (χ0n) is 24.4. The van der Waals surface area contributed by atoms with E-state index in [1.807, 2.05) is 30.3 Å². The van der Waals surface area contributed by atoms with Crippen LogP contribution in [0.2, 0.25) is 0 Å². The second-order valence-corrected chi connectivity index (χ2v) is 13.6. The Bertz CT molecular complexity index is 1200. The van der Waals surface area contributed by atoms with Crippen molar-refractivity contribution in [1.82, 2.24) is 15.1 Å². The maximum atomic E-state index is 13.7. The van der Waals surface area contributed by atoms with Crippen molar-refractivity contribution in [3.05, 3.63) is 75.7 Å². The van der Waals surface area contributed by atoms with Crippen molar-refractivity contribution in [2.24, 2.45) is 11.8 Å². The predicted molar refractivity (Wildman–Crippen MR) is 166 cm³/mol. The molecule has 5 nitrogen and oxygen atoms in total. The minimum absolute atomic E-state index is 0.0304. The van der Waals surface area contributed by atoms with Crippen LogP contribution in [0.1, 0.15) is 79.4 Å². The average molecular weight is 560 g/mol. The number of hydrogen-bond donors (Lipinski definition) is 1. The van der Waals surface area contributed by atoms with Crippen molar-refractivity contribution in [3.8, 4) is 0 Å². The number of hydrogen-bond acceptors (Lipinski definition) is 4. The molecule has 40 heavy (non-hydrogen) atoms. The molecule has 2 amide bonds. The normalized spacial score (nSPS) is 26.5. The number of rotatable bonds is 8. The molecule has 6 heteroatoms. The first kappa shape index (κ1) is 28.9. The van der Waals surface area contributed by atoms with Gasteiger partial charge in [0, 0.05) is 43.0 Å². The fourth-order valence-electron chi connectivity index (χ4n) is 6.80. The molecule has 0 spiro atoms. The van der Waals surface area contributed by atoms with Crippen LogP contribution in [0.5, 0.6) is 0 Å². The van der Waals surface area contributed by atoms with Crippen LogP contribution in [0.4, 0.5) is 0 Å². The molecular formula is C34H45N3O2S. The molecule has 1 N–H and O–H groups in total. The zero-order chi connectivity index (χ0) is 28.1. The van der Waals surface area contributed by atoms with E-state index < -0.39 is 0 Å². The molecule has 3 fully saturated rings. The van der Waals surface area contributed by atoms with E-state index in [1.165, 1.54) is 43.5 Å². The van der Waals surface area contributed by atoms with E-state index >= 15 is 0 Å². The third-order valence-corrected chi connectivity index (χ3v) is 10.2. The fraction of sp³-hybridized carbons (Fsp3) is 0.529. The van der Waals surface area contributed by atoms with Gasteiger partial charge in [0.2, 0.25) is 0 Å². The van der Waals surface area contributed by atoms with Crippen molar-refractivity contribution < 1.29 is 9.59 Å². The number of piperidine rings is 1. The van der Waals surface area contributed by atoms with Crippen LogP contribution in [0.25, 0.3) is 6.08 Å². The number of fused-ring (bicyclic) bond motifs is 1. The van der Waals surface area contributed by atoms with Gasteiger partial charge in [-0.25, -0.2) is 0 Å². The first-order valence-electron chi connectivity index (χ1n) is 15.2. The van der Waals surface area contributed by atoms with Crippen molar-refractivity contribution in [1.29, 1.82) is 0 Å². The summed E-state index contributed by atoms with van der Waals surface area (Å²) in [5.74, 6) is 1.62. The molecule has 2 aromatic carbocycles. The Labute approximate surface area is 244 Å². The molecule has 2 aliphatic heterocycles. The second kappa shape index (κ2) is 13.4. The minimum Gasteiger partial charge on any atom is -0.352 e. The van der Waals surface area contributed by atoms with Crippen LogP contribution in [-0.4, -0.2) is 59.1 Å². The molecule has 4 unspecified atom stereocenters. The number of benzene rings is 2. The molecule has 1 aliphatic carbocycles. The first-order valence-corrected chi connectivity index (χ1v) is 16.1. The summed E-state index contributed by atoms with van der Waals surface area (Å²) < 4.78 is 0. The smallest absolute Gasteiger partial charge is 0.260 e. The zero-order valence-corrected chi connectivity index (χ0v) is 25.2. The van der Waals surface area contributed by atoms with Gasteiger partial charge in [-0.15, -0.1) is 11.8 Å². The highest BCUT2D eigenvalue weighted by Crippen LogP contribution is 2.42. The van der Waals surface area contributed by atoms with Gasteiger partial charge < -0.3 is 15.1 Å². The van der Waals surface area contributed by atoms with Gasteiger partial charge in [-0.1, -0.05) is 63.1 Å². The van der Waals surface area contributed by atoms with E-state index in [9.17, 15) is 9.59 Å². The van der Waals surface area contributed by atoms with Gasteiger partial charge in [-0.3, -0.25) is 9.59 Å². The third-order valence-electron chi connectivity index (χ3n) is 8.77. The standard InChI is InChI=1S/C34H45N3O2S/c1-24-19-25(2)22-36(21-24)18-8-17-35-33(38)28-15-13-27(14-16-28)20-32-34(39)37(23-29-10-5-4-9-26(29)3)30-11-6-7-12-31(30)40-32/h4-5,9-10,13-16,20,24-25,30-31H,6-8,11-12,17-19,21-23H2,1-3H3,(H,35,38)/b32-20+. The Morgan fingerprint density at radius 2 is 1.75 bits per heavy atom. The number of likely N-dealkylation sites (tertiary alicyclic amines) is 1. The summed E-state index contributed by atoms with van der Waals surface area (Å²) >= 11 is 1.76. The van der Waals surface area contributed by atoms with Crippen LogP contribution >= 0.6 is 11.8 Å². The molecule has 0 aromatic heterocycles. The molecule has 3 aliphatic rings. The molecule has 2 saturated heterocycles. The van der Waals surface area contributed by atoms with Crippen LogP contribution < -0.4 is 5.32 Å². The van der Waals surface area contributed by atoms with E-state index in [0.717, 1.165) is 48.1 Å². The summed E-state index contributed by atoms with van der Waals surface area (Å²) in [4.78, 5) is 32.0. The van der Waals surface area contributed by atoms with E-state index in [0.29, 0.717) is 29.9 Å². The predicted octanol–water partition coefficient (Wildman–Crippen LogP) is 6.52. The summed E-state index contributed by atoms with van der Waals surface area (Å²) in [6.45, 7) is 11.5. The number of carbonyl (C=O) groups is 2. The van der Waals surface area contributed by atoms with E-state index in [2.05, 4.69) is 60.2 Å². The van der Waals surface area contributed by atoms with Crippen LogP contribution in [0.15, 0.2) is 53.4 Å². The second-order valence-electron chi connectivity index (χ2n) is 12.3. The number of aryl methyl sites for hydroxylation is 1. The lowest BCUT2D eigenvalue weighted by atomic mass is 9.92. The summed E-state index contributed by atoms with van der Waals surface area (Å²) in [5, 5.41) is 3.53. The van der Waals surface area contributed by atoms with Crippen molar-refractivity contribution >= 4 is 29.7 Å². The summed E-state index contributed by atoms with van der Waals surface area (Å²) in [7, 11) is 0. The van der Waals surface area contributed by atoms with Gasteiger partial charge in [-0.2, -0.15) is 0 Å². The monoisotopic (exact) mass is 559 g/mol. The number of amides is 2.